The van der Waals surface area contributed by atoms with Crippen molar-refractivity contribution in [3.05, 3.63) is 48.5 Å². The highest BCUT2D eigenvalue weighted by molar-refractivity contribution is 7.43. The summed E-state index contributed by atoms with van der Waals surface area (Å²) in [4.78, 5) is 0. The molecule has 21 heavy (non-hydrogen) atoms. The van der Waals surface area contributed by atoms with Gasteiger partial charge < -0.3 is 4.52 Å². The average molecular weight is 298 g/mol. The van der Waals surface area contributed by atoms with E-state index in [1.807, 2.05) is 45.9 Å². The van der Waals surface area contributed by atoms with Gasteiger partial charge in [-0.2, -0.15) is 0 Å². The minimum absolute atomic E-state index is 0.440. The van der Waals surface area contributed by atoms with Gasteiger partial charge in [-0.1, -0.05) is 63.2 Å². The molecule has 0 amide bonds. The van der Waals surface area contributed by atoms with E-state index in [1.54, 1.807) is 0 Å². The molecule has 1 aliphatic heterocycles. The minimum atomic E-state index is 0.440. The second kappa shape index (κ2) is 10.0. The fourth-order valence-corrected chi connectivity index (χ4v) is 2.76. The first-order chi connectivity index (χ1) is 10.4. The van der Waals surface area contributed by atoms with E-state index in [4.69, 9.17) is 4.52 Å². The molecule has 0 saturated heterocycles. The van der Waals surface area contributed by atoms with Gasteiger partial charge >= 0.3 is 0 Å². The molecule has 0 N–H and O–H groups in total. The lowest BCUT2D eigenvalue weighted by Gasteiger charge is -2.19. The second-order valence-electron chi connectivity index (χ2n) is 4.03. The molecular weight excluding hydrogens is 275 g/mol. The van der Waals surface area contributed by atoms with Crippen LogP contribution in [-0.2, 0) is 0 Å². The first-order valence-corrected chi connectivity index (χ1v) is 8.28. The van der Waals surface area contributed by atoms with Crippen molar-refractivity contribution in [3.8, 4) is 28.7 Å². The summed E-state index contributed by atoms with van der Waals surface area (Å²) in [7, 11) is 0.440. The van der Waals surface area contributed by atoms with Crippen LogP contribution >= 0.6 is 8.81 Å². The highest BCUT2D eigenvalue weighted by atomic mass is 31.1. The van der Waals surface area contributed by atoms with Gasteiger partial charge in [-0.15, -0.1) is 11.8 Å². The average Bonchev–Trinajstić information content (AvgIpc) is 2.58. The number of rotatable bonds is 0. The molecule has 2 heteroatoms. The SMILES string of the molecule is CC.CC#CCC.c1ccc2c(c1)OPc1ccccc1-2. The highest BCUT2D eigenvalue weighted by Crippen LogP contribution is 2.38. The van der Waals surface area contributed by atoms with E-state index < -0.39 is 0 Å². The Labute approximate surface area is 130 Å². The molecule has 0 fully saturated rings. The van der Waals surface area contributed by atoms with Crippen LogP contribution < -0.4 is 9.83 Å². The molecule has 0 bridgehead atoms. The normalized spacial score (nSPS) is 11.0. The van der Waals surface area contributed by atoms with Crippen molar-refractivity contribution in [1.29, 1.82) is 0 Å². The molecule has 0 radical (unpaired) electrons. The third-order valence-corrected chi connectivity index (χ3v) is 3.71. The maximum absolute atomic E-state index is 5.68. The Balaban J connectivity index is 0.000000272. The Bertz CT molecular complexity index is 563. The Hall–Kier alpha value is -1.77. The van der Waals surface area contributed by atoms with Crippen LogP contribution in [0.25, 0.3) is 11.1 Å². The zero-order valence-electron chi connectivity index (χ0n) is 13.2. The predicted molar refractivity (Wildman–Crippen MR) is 95.5 cm³/mol. The molecule has 2 aromatic rings. The summed E-state index contributed by atoms with van der Waals surface area (Å²) in [5.41, 5.74) is 2.52. The lowest BCUT2D eigenvalue weighted by Crippen LogP contribution is -2.06. The Morgan fingerprint density at radius 2 is 1.57 bits per heavy atom. The van der Waals surface area contributed by atoms with Crippen molar-refractivity contribution < 1.29 is 4.52 Å². The summed E-state index contributed by atoms with van der Waals surface area (Å²) in [5.74, 6) is 6.63. The molecule has 1 unspecified atom stereocenters. The summed E-state index contributed by atoms with van der Waals surface area (Å²) in [6.45, 7) is 7.89. The van der Waals surface area contributed by atoms with Crippen molar-refractivity contribution >= 4 is 14.1 Å². The van der Waals surface area contributed by atoms with E-state index in [-0.39, 0.29) is 0 Å². The predicted octanol–water partition coefficient (Wildman–Crippen LogP) is 5.41. The minimum Gasteiger partial charge on any atom is -0.472 e. The van der Waals surface area contributed by atoms with Gasteiger partial charge in [-0.05, 0) is 18.6 Å². The number of fused-ring (bicyclic) bond motifs is 3. The van der Waals surface area contributed by atoms with Gasteiger partial charge in [0.2, 0.25) is 0 Å². The summed E-state index contributed by atoms with van der Waals surface area (Å²) in [5, 5.41) is 1.30. The van der Waals surface area contributed by atoms with E-state index in [2.05, 4.69) is 42.2 Å². The smallest absolute Gasteiger partial charge is 0.131 e. The number of hydrogen-bond acceptors (Lipinski definition) is 1. The molecule has 0 spiro atoms. The van der Waals surface area contributed by atoms with Crippen LogP contribution in [-0.4, -0.2) is 0 Å². The maximum atomic E-state index is 5.68. The fraction of sp³-hybridized carbons (Fsp3) is 0.263. The molecule has 0 aromatic heterocycles. The van der Waals surface area contributed by atoms with E-state index in [9.17, 15) is 0 Å². The van der Waals surface area contributed by atoms with E-state index in [1.165, 1.54) is 16.4 Å². The molecule has 3 rings (SSSR count). The van der Waals surface area contributed by atoms with Crippen LogP contribution in [0, 0.1) is 11.8 Å². The maximum Gasteiger partial charge on any atom is 0.131 e. The van der Waals surface area contributed by atoms with Gasteiger partial charge in [0.05, 0.1) is 0 Å². The molecule has 0 aliphatic carbocycles. The summed E-state index contributed by atoms with van der Waals surface area (Å²) < 4.78 is 5.68. The Morgan fingerprint density at radius 3 is 2.19 bits per heavy atom. The highest BCUT2D eigenvalue weighted by Gasteiger charge is 2.15. The Kier molecular flexibility index (Phi) is 8.25. The zero-order chi connectivity index (χ0) is 15.5. The quantitative estimate of drug-likeness (QED) is 0.466. The second-order valence-corrected chi connectivity index (χ2v) is 4.97. The van der Waals surface area contributed by atoms with Gasteiger partial charge in [0.1, 0.15) is 14.6 Å². The number of para-hydroxylation sites is 1. The van der Waals surface area contributed by atoms with E-state index in [0.717, 1.165) is 12.2 Å². The molecule has 1 atom stereocenters. The van der Waals surface area contributed by atoms with Crippen molar-refractivity contribution in [1.82, 2.24) is 0 Å². The molecule has 1 nitrogen and oxygen atoms in total. The summed E-state index contributed by atoms with van der Waals surface area (Å²) in [6, 6.07) is 16.6. The van der Waals surface area contributed by atoms with Crippen LogP contribution in [0.3, 0.4) is 0 Å². The number of benzene rings is 2. The Morgan fingerprint density at radius 1 is 0.952 bits per heavy atom. The molecular formula is C19H23OP. The van der Waals surface area contributed by atoms with Crippen LogP contribution in [0.4, 0.5) is 0 Å². The van der Waals surface area contributed by atoms with Crippen LogP contribution in [0.2, 0.25) is 0 Å². The van der Waals surface area contributed by atoms with Gasteiger partial charge in [0.25, 0.3) is 0 Å². The largest absolute Gasteiger partial charge is 0.472 e. The monoisotopic (exact) mass is 298 g/mol. The third-order valence-electron chi connectivity index (χ3n) is 2.73. The molecule has 1 heterocycles. The lowest BCUT2D eigenvalue weighted by molar-refractivity contribution is 0.638. The van der Waals surface area contributed by atoms with Crippen molar-refractivity contribution in [2.45, 2.75) is 34.1 Å². The molecule has 1 aliphatic rings. The standard InChI is InChI=1S/C12H9OP.C5H8.C2H6/c1-3-7-11-9(5-1)10-6-2-4-8-12(10)14-13-11;1-3-5-4-2;1-2/h1-8,14H;3H2,1-2H3;1-2H3. The van der Waals surface area contributed by atoms with E-state index in [0.29, 0.717) is 8.81 Å². The van der Waals surface area contributed by atoms with Crippen LogP contribution in [0.5, 0.6) is 5.75 Å². The fourth-order valence-electron chi connectivity index (χ4n) is 1.87. The lowest BCUT2D eigenvalue weighted by atomic mass is 10.0. The molecule has 0 saturated carbocycles. The van der Waals surface area contributed by atoms with Gasteiger partial charge in [0.15, 0.2) is 0 Å². The van der Waals surface area contributed by atoms with Crippen molar-refractivity contribution in [2.75, 3.05) is 0 Å². The topological polar surface area (TPSA) is 9.23 Å². The van der Waals surface area contributed by atoms with Gasteiger partial charge in [-0.3, -0.25) is 0 Å². The third kappa shape index (κ3) is 4.92. The first kappa shape index (κ1) is 17.3. The summed E-state index contributed by atoms with van der Waals surface area (Å²) in [6.07, 6.45) is 0.983. The van der Waals surface area contributed by atoms with Crippen molar-refractivity contribution in [3.63, 3.8) is 0 Å². The zero-order valence-corrected chi connectivity index (χ0v) is 14.2. The first-order valence-electron chi connectivity index (χ1n) is 7.37. The van der Waals surface area contributed by atoms with Gasteiger partial charge in [0, 0.05) is 17.3 Å². The number of hydrogen-bond donors (Lipinski definition) is 0. The van der Waals surface area contributed by atoms with Crippen LogP contribution in [0.15, 0.2) is 48.5 Å². The summed E-state index contributed by atoms with van der Waals surface area (Å²) >= 11 is 0. The van der Waals surface area contributed by atoms with Crippen molar-refractivity contribution in [2.24, 2.45) is 0 Å². The van der Waals surface area contributed by atoms with E-state index >= 15 is 0 Å². The molecule has 110 valence electrons. The van der Waals surface area contributed by atoms with Gasteiger partial charge in [-0.25, -0.2) is 0 Å². The molecule has 2 aromatic carbocycles. The van der Waals surface area contributed by atoms with Crippen LogP contribution in [0.1, 0.15) is 34.1 Å².